The first-order valence-corrected chi connectivity index (χ1v) is 9.31. The van der Waals surface area contributed by atoms with E-state index in [1.807, 2.05) is 6.92 Å². The molecule has 1 aliphatic carbocycles. The fourth-order valence-corrected chi connectivity index (χ4v) is 3.35. The Morgan fingerprint density at radius 3 is 2.64 bits per heavy atom. The van der Waals surface area contributed by atoms with E-state index in [4.69, 9.17) is 4.52 Å². The SMILES string of the molecule is CCNC(=NCc1noc(C)n1)NCC1(c2cccc(C(F)(F)F)c2)CCC1. The number of aliphatic imine (C=N–C) groups is 1. The van der Waals surface area contributed by atoms with Crippen molar-refractivity contribution in [2.75, 3.05) is 13.1 Å². The van der Waals surface area contributed by atoms with Gasteiger partial charge in [-0.05, 0) is 31.4 Å². The summed E-state index contributed by atoms with van der Waals surface area (Å²) in [6, 6.07) is 5.65. The lowest BCUT2D eigenvalue weighted by Gasteiger charge is -2.43. The number of alkyl halides is 3. The summed E-state index contributed by atoms with van der Waals surface area (Å²) in [4.78, 5) is 8.55. The fourth-order valence-electron chi connectivity index (χ4n) is 3.35. The molecule has 1 aromatic carbocycles. The molecule has 0 spiro atoms. The van der Waals surface area contributed by atoms with E-state index in [9.17, 15) is 13.2 Å². The van der Waals surface area contributed by atoms with Gasteiger partial charge in [0.15, 0.2) is 11.8 Å². The molecule has 3 rings (SSSR count). The van der Waals surface area contributed by atoms with Gasteiger partial charge in [-0.15, -0.1) is 0 Å². The van der Waals surface area contributed by atoms with Crippen LogP contribution in [0.1, 0.15) is 49.0 Å². The number of aromatic nitrogens is 2. The summed E-state index contributed by atoms with van der Waals surface area (Å²) in [7, 11) is 0. The smallest absolute Gasteiger partial charge is 0.357 e. The molecule has 0 radical (unpaired) electrons. The third-order valence-electron chi connectivity index (χ3n) is 5.00. The number of halogens is 3. The average Bonchev–Trinajstić information content (AvgIpc) is 3.03. The van der Waals surface area contributed by atoms with Gasteiger partial charge in [-0.1, -0.05) is 29.8 Å². The summed E-state index contributed by atoms with van der Waals surface area (Å²) in [6.07, 6.45) is -1.67. The molecule has 152 valence electrons. The number of guanidine groups is 1. The van der Waals surface area contributed by atoms with E-state index in [0.717, 1.165) is 25.3 Å². The van der Waals surface area contributed by atoms with Crippen molar-refractivity contribution < 1.29 is 17.7 Å². The van der Waals surface area contributed by atoms with Crippen LogP contribution < -0.4 is 10.6 Å². The van der Waals surface area contributed by atoms with Crippen LogP contribution in [0, 0.1) is 6.92 Å². The zero-order chi connectivity index (χ0) is 20.2. The van der Waals surface area contributed by atoms with E-state index in [0.29, 0.717) is 36.3 Å². The van der Waals surface area contributed by atoms with Crippen molar-refractivity contribution in [1.82, 2.24) is 20.8 Å². The molecule has 2 N–H and O–H groups in total. The van der Waals surface area contributed by atoms with Crippen LogP contribution in [0.5, 0.6) is 0 Å². The normalized spacial score (nSPS) is 16.5. The van der Waals surface area contributed by atoms with Crippen LogP contribution in [0.25, 0.3) is 0 Å². The van der Waals surface area contributed by atoms with E-state index >= 15 is 0 Å². The van der Waals surface area contributed by atoms with Crippen molar-refractivity contribution in [3.63, 3.8) is 0 Å². The first-order valence-electron chi connectivity index (χ1n) is 9.31. The lowest BCUT2D eigenvalue weighted by Crippen LogP contribution is -2.49. The molecule has 0 unspecified atom stereocenters. The minimum atomic E-state index is -4.34. The Balaban J connectivity index is 1.72. The fraction of sp³-hybridized carbons (Fsp3) is 0.526. The van der Waals surface area contributed by atoms with Gasteiger partial charge in [0.2, 0.25) is 5.89 Å². The first-order chi connectivity index (χ1) is 13.3. The molecule has 1 aliphatic rings. The molecule has 1 heterocycles. The molecule has 2 aromatic rings. The number of nitrogens with one attached hydrogen (secondary N) is 2. The van der Waals surface area contributed by atoms with Crippen molar-refractivity contribution >= 4 is 5.96 Å². The molecule has 28 heavy (non-hydrogen) atoms. The van der Waals surface area contributed by atoms with E-state index in [-0.39, 0.29) is 12.0 Å². The van der Waals surface area contributed by atoms with Crippen LogP contribution >= 0.6 is 0 Å². The standard InChI is InChI=1S/C19H24F3N5O/c1-3-23-17(24-11-16-26-13(2)28-27-16)25-12-18(8-5-9-18)14-6-4-7-15(10-14)19(20,21)22/h4,6-7,10H,3,5,8-9,11-12H2,1-2H3,(H2,23,24,25). The summed E-state index contributed by atoms with van der Waals surface area (Å²) >= 11 is 0. The van der Waals surface area contributed by atoms with Crippen LogP contribution in [-0.4, -0.2) is 29.2 Å². The molecule has 0 saturated heterocycles. The van der Waals surface area contributed by atoms with E-state index in [1.165, 1.54) is 12.1 Å². The highest BCUT2D eigenvalue weighted by atomic mass is 19.4. The number of hydrogen-bond donors (Lipinski definition) is 2. The Hall–Kier alpha value is -2.58. The Bertz CT molecular complexity index is 827. The summed E-state index contributed by atoms with van der Waals surface area (Å²) < 4.78 is 44.2. The van der Waals surface area contributed by atoms with Crippen LogP contribution in [0.15, 0.2) is 33.8 Å². The van der Waals surface area contributed by atoms with Crippen LogP contribution in [-0.2, 0) is 18.1 Å². The first kappa shape index (κ1) is 20.2. The number of benzene rings is 1. The molecule has 0 amide bonds. The molecule has 1 aromatic heterocycles. The number of nitrogens with zero attached hydrogens (tertiary/aromatic N) is 3. The molecule has 6 nitrogen and oxygen atoms in total. The highest BCUT2D eigenvalue weighted by Gasteiger charge is 2.40. The van der Waals surface area contributed by atoms with E-state index < -0.39 is 11.7 Å². The number of rotatable bonds is 6. The van der Waals surface area contributed by atoms with Crippen molar-refractivity contribution in [3.05, 3.63) is 47.1 Å². The maximum Gasteiger partial charge on any atom is 0.416 e. The summed E-state index contributed by atoms with van der Waals surface area (Å²) in [5.41, 5.74) is -0.213. The van der Waals surface area contributed by atoms with Gasteiger partial charge in [0.25, 0.3) is 0 Å². The molecular weight excluding hydrogens is 371 g/mol. The molecule has 1 saturated carbocycles. The monoisotopic (exact) mass is 395 g/mol. The largest absolute Gasteiger partial charge is 0.416 e. The summed E-state index contributed by atoms with van der Waals surface area (Å²) in [5.74, 6) is 1.52. The third-order valence-corrected chi connectivity index (χ3v) is 5.00. The molecule has 0 bridgehead atoms. The van der Waals surface area contributed by atoms with E-state index in [1.54, 1.807) is 13.0 Å². The van der Waals surface area contributed by atoms with Crippen molar-refractivity contribution in [1.29, 1.82) is 0 Å². The van der Waals surface area contributed by atoms with Gasteiger partial charge in [-0.3, -0.25) is 0 Å². The molecule has 0 aliphatic heterocycles. The van der Waals surface area contributed by atoms with Gasteiger partial charge in [0.05, 0.1) is 5.56 Å². The van der Waals surface area contributed by atoms with Gasteiger partial charge >= 0.3 is 6.18 Å². The second-order valence-corrected chi connectivity index (χ2v) is 6.99. The second-order valence-electron chi connectivity index (χ2n) is 6.99. The topological polar surface area (TPSA) is 75.3 Å². The van der Waals surface area contributed by atoms with Crippen LogP contribution in [0.3, 0.4) is 0 Å². The Morgan fingerprint density at radius 2 is 2.07 bits per heavy atom. The van der Waals surface area contributed by atoms with Gasteiger partial charge in [0, 0.05) is 25.4 Å². The van der Waals surface area contributed by atoms with Gasteiger partial charge in [0.1, 0.15) is 6.54 Å². The zero-order valence-corrected chi connectivity index (χ0v) is 15.9. The maximum absolute atomic E-state index is 13.1. The minimum absolute atomic E-state index is 0.253. The summed E-state index contributed by atoms with van der Waals surface area (Å²) in [5, 5.41) is 10.2. The Morgan fingerprint density at radius 1 is 1.29 bits per heavy atom. The van der Waals surface area contributed by atoms with Crippen molar-refractivity contribution in [3.8, 4) is 0 Å². The predicted octanol–water partition coefficient (Wildman–Crippen LogP) is 3.57. The molecule has 1 fully saturated rings. The highest BCUT2D eigenvalue weighted by molar-refractivity contribution is 5.79. The average molecular weight is 395 g/mol. The quantitative estimate of drug-likeness (QED) is 0.578. The molecule has 0 atom stereocenters. The zero-order valence-electron chi connectivity index (χ0n) is 15.9. The van der Waals surface area contributed by atoms with Gasteiger partial charge in [-0.2, -0.15) is 18.2 Å². The lowest BCUT2D eigenvalue weighted by atomic mass is 9.64. The number of aryl methyl sites for hydroxylation is 1. The van der Waals surface area contributed by atoms with Crippen LogP contribution in [0.2, 0.25) is 0 Å². The second kappa shape index (κ2) is 8.20. The highest BCUT2D eigenvalue weighted by Crippen LogP contribution is 2.44. The number of hydrogen-bond acceptors (Lipinski definition) is 4. The Kier molecular flexibility index (Phi) is 5.90. The van der Waals surface area contributed by atoms with Crippen molar-refractivity contribution in [2.45, 2.75) is 51.2 Å². The summed E-state index contributed by atoms with van der Waals surface area (Å²) in [6.45, 7) is 5.07. The van der Waals surface area contributed by atoms with Crippen molar-refractivity contribution in [2.24, 2.45) is 4.99 Å². The Labute approximate surface area is 161 Å². The van der Waals surface area contributed by atoms with Gasteiger partial charge < -0.3 is 15.2 Å². The van der Waals surface area contributed by atoms with Gasteiger partial charge in [-0.25, -0.2) is 4.99 Å². The third kappa shape index (κ3) is 4.63. The maximum atomic E-state index is 13.1. The molecular formula is C19H24F3N5O. The lowest BCUT2D eigenvalue weighted by molar-refractivity contribution is -0.137. The minimum Gasteiger partial charge on any atom is -0.357 e. The predicted molar refractivity (Wildman–Crippen MR) is 98.8 cm³/mol. The molecule has 9 heteroatoms. The van der Waals surface area contributed by atoms with E-state index in [2.05, 4.69) is 25.8 Å². The van der Waals surface area contributed by atoms with Crippen LogP contribution in [0.4, 0.5) is 13.2 Å².